The number of hydrogen-bond acceptors (Lipinski definition) is 8. The molecule has 0 spiro atoms. The first-order chi connectivity index (χ1) is 11.0. The second-order valence-electron chi connectivity index (χ2n) is 5.00. The Morgan fingerprint density at radius 3 is 1.92 bits per heavy atom. The van der Waals surface area contributed by atoms with Gasteiger partial charge in [-0.05, 0) is 6.92 Å². The van der Waals surface area contributed by atoms with E-state index >= 15 is 0 Å². The number of esters is 2. The molecule has 0 unspecified atom stereocenters. The summed E-state index contributed by atoms with van der Waals surface area (Å²) in [7, 11) is 1.31. The fraction of sp³-hybridized carbons (Fsp3) is 0.769. The monoisotopic (exact) mass is 405 g/mol. The van der Waals surface area contributed by atoms with Crippen LogP contribution < -0.4 is 0 Å². The Kier molecular flexibility index (Phi) is 7.55. The lowest BCUT2D eigenvalue weighted by Crippen LogP contribution is -2.61. The molecule has 1 N–H and O–H groups in total. The molecule has 0 saturated carbocycles. The number of hydrogen-bond donors (Lipinski definition) is 1. The van der Waals surface area contributed by atoms with E-state index in [2.05, 4.69) is 0 Å². The van der Waals surface area contributed by atoms with Crippen molar-refractivity contribution in [3.05, 3.63) is 0 Å². The van der Waals surface area contributed by atoms with E-state index in [1.165, 1.54) is 21.0 Å². The second kappa shape index (κ2) is 8.53. The van der Waals surface area contributed by atoms with Crippen LogP contribution in [0.3, 0.4) is 0 Å². The van der Waals surface area contributed by atoms with Gasteiger partial charge in [-0.25, -0.2) is 0 Å². The molecule has 0 aromatic carbocycles. The van der Waals surface area contributed by atoms with Gasteiger partial charge in [0.1, 0.15) is 0 Å². The van der Waals surface area contributed by atoms with Crippen molar-refractivity contribution in [2.45, 2.75) is 55.3 Å². The number of carbonyl (C=O) groups excluding carboxylic acids is 2. The lowest BCUT2D eigenvalue weighted by Gasteiger charge is -2.43. The minimum absolute atomic E-state index is 0.587. The molecule has 1 saturated heterocycles. The third-order valence-electron chi connectivity index (χ3n) is 3.10. The van der Waals surface area contributed by atoms with Crippen LogP contribution in [-0.2, 0) is 33.3 Å². The third kappa shape index (κ3) is 5.63. The van der Waals surface area contributed by atoms with E-state index in [0.29, 0.717) is 0 Å². The molecule has 11 heteroatoms. The van der Waals surface area contributed by atoms with Crippen LogP contribution in [0.1, 0.15) is 20.8 Å². The molecule has 0 radical (unpaired) electrons. The number of halogens is 3. The van der Waals surface area contributed by atoms with Gasteiger partial charge in [-0.3, -0.25) is 15.0 Å². The van der Waals surface area contributed by atoms with E-state index in [-0.39, 0.29) is 0 Å². The number of rotatable bonds is 4. The number of nitrogens with one attached hydrogen (secondary N) is 1. The van der Waals surface area contributed by atoms with Crippen molar-refractivity contribution < 1.29 is 33.3 Å². The quantitative estimate of drug-likeness (QED) is 0.329. The zero-order valence-electron chi connectivity index (χ0n) is 13.4. The predicted molar refractivity (Wildman–Crippen MR) is 85.3 cm³/mol. The molecule has 0 bridgehead atoms. The maximum Gasteiger partial charge on any atom is 0.303 e. The summed E-state index contributed by atoms with van der Waals surface area (Å²) in [6.45, 7) is 3.97. The maximum absolute atomic E-state index is 11.4. The van der Waals surface area contributed by atoms with Crippen LogP contribution in [0, 0.1) is 5.41 Å². The summed E-state index contributed by atoms with van der Waals surface area (Å²) in [6.07, 6.45) is -4.95. The molecule has 1 aliphatic heterocycles. The van der Waals surface area contributed by atoms with Gasteiger partial charge in [0.2, 0.25) is 12.2 Å². The van der Waals surface area contributed by atoms with E-state index in [9.17, 15) is 9.59 Å². The predicted octanol–water partition coefficient (Wildman–Crippen LogP) is 1.97. The lowest BCUT2D eigenvalue weighted by molar-refractivity contribution is -0.284. The summed E-state index contributed by atoms with van der Waals surface area (Å²) >= 11 is 16.7. The molecule has 0 amide bonds. The smallest absolute Gasteiger partial charge is 0.303 e. The fourth-order valence-electron chi connectivity index (χ4n) is 2.18. The van der Waals surface area contributed by atoms with Crippen molar-refractivity contribution in [1.82, 2.24) is 0 Å². The Hall–Kier alpha value is -0.800. The highest BCUT2D eigenvalue weighted by Crippen LogP contribution is 2.33. The number of methoxy groups -OCH3 is 1. The summed E-state index contributed by atoms with van der Waals surface area (Å²) in [5.74, 6) is -1.90. The highest BCUT2D eigenvalue weighted by atomic mass is 35.6. The zero-order valence-corrected chi connectivity index (χ0v) is 15.6. The molecule has 138 valence electrons. The first-order valence-electron chi connectivity index (χ1n) is 6.82. The molecular weight excluding hydrogens is 389 g/mol. The summed E-state index contributed by atoms with van der Waals surface area (Å²) in [6, 6.07) is 0. The molecule has 8 nitrogen and oxygen atoms in total. The van der Waals surface area contributed by atoms with Crippen LogP contribution in [0.25, 0.3) is 0 Å². The van der Waals surface area contributed by atoms with Crippen LogP contribution in [0.4, 0.5) is 0 Å². The molecule has 1 rings (SSSR count). The molecule has 0 aromatic heterocycles. The van der Waals surface area contributed by atoms with Crippen molar-refractivity contribution in [3.63, 3.8) is 0 Å². The summed E-state index contributed by atoms with van der Waals surface area (Å²) in [5, 5.41) is 7.63. The van der Waals surface area contributed by atoms with Gasteiger partial charge in [0.15, 0.2) is 18.3 Å². The average Bonchev–Trinajstić information content (AvgIpc) is 2.41. The molecule has 0 aromatic rings. The second-order valence-corrected chi connectivity index (χ2v) is 7.28. The van der Waals surface area contributed by atoms with Crippen LogP contribution in [0.15, 0.2) is 0 Å². The highest BCUT2D eigenvalue weighted by molar-refractivity contribution is 6.76. The van der Waals surface area contributed by atoms with Crippen molar-refractivity contribution in [2.24, 2.45) is 0 Å². The Morgan fingerprint density at radius 1 is 1.00 bits per heavy atom. The van der Waals surface area contributed by atoms with Gasteiger partial charge >= 0.3 is 11.9 Å². The first-order valence-corrected chi connectivity index (χ1v) is 7.95. The summed E-state index contributed by atoms with van der Waals surface area (Å²) < 4.78 is 24.3. The minimum atomic E-state index is -2.10. The Balaban J connectivity index is 3.06. The molecule has 1 fully saturated rings. The van der Waals surface area contributed by atoms with Crippen molar-refractivity contribution in [1.29, 1.82) is 5.41 Å². The largest absolute Gasteiger partial charge is 0.456 e. The first kappa shape index (κ1) is 21.2. The van der Waals surface area contributed by atoms with Crippen molar-refractivity contribution >= 4 is 52.6 Å². The van der Waals surface area contributed by atoms with Gasteiger partial charge in [0.05, 0.1) is 6.10 Å². The van der Waals surface area contributed by atoms with Crippen LogP contribution in [0.2, 0.25) is 0 Å². The molecule has 1 heterocycles. The lowest BCUT2D eigenvalue weighted by atomic mass is 9.99. The van der Waals surface area contributed by atoms with E-state index in [1.54, 1.807) is 6.92 Å². The SMILES string of the molecule is CO[C@H]1[C@H](OC(=N)C(Cl)(Cl)Cl)O[C@@H](C)[C@H](OC(C)=O)[C@H]1OC(C)=O. The van der Waals surface area contributed by atoms with Gasteiger partial charge < -0.3 is 23.7 Å². The Morgan fingerprint density at radius 2 is 1.50 bits per heavy atom. The number of ether oxygens (including phenoxy) is 5. The number of alkyl halides is 3. The summed E-state index contributed by atoms with van der Waals surface area (Å²) in [5.41, 5.74) is 0. The molecule has 5 atom stereocenters. The minimum Gasteiger partial charge on any atom is -0.456 e. The maximum atomic E-state index is 11.4. The molecular formula is C13H18Cl3NO7. The number of carbonyl (C=O) groups is 2. The van der Waals surface area contributed by atoms with Gasteiger partial charge in [0.25, 0.3) is 3.79 Å². The third-order valence-corrected chi connectivity index (χ3v) is 3.61. The van der Waals surface area contributed by atoms with E-state index in [4.69, 9.17) is 63.9 Å². The zero-order chi connectivity index (χ0) is 18.7. The van der Waals surface area contributed by atoms with Gasteiger partial charge in [-0.15, -0.1) is 0 Å². The fourth-order valence-corrected chi connectivity index (χ4v) is 2.31. The molecule has 0 aliphatic carbocycles. The van der Waals surface area contributed by atoms with Crippen LogP contribution in [0.5, 0.6) is 0 Å². The topological polar surface area (TPSA) is 104 Å². The van der Waals surface area contributed by atoms with Crippen LogP contribution >= 0.6 is 34.8 Å². The standard InChI is InChI=1S/C13H18Cl3NO7/c1-5-8(22-6(2)18)9(23-7(3)19)10(20-4)11(21-5)24-12(17)13(14,15)16/h5,8-11,17H,1-4H3/t5-,8-,9+,10+,11-/m0/s1. The Bertz CT molecular complexity index is 496. The van der Waals surface area contributed by atoms with E-state index in [0.717, 1.165) is 0 Å². The molecule has 24 heavy (non-hydrogen) atoms. The molecule has 1 aliphatic rings. The van der Waals surface area contributed by atoms with Crippen LogP contribution in [-0.4, -0.2) is 59.4 Å². The van der Waals surface area contributed by atoms with Gasteiger partial charge in [-0.2, -0.15) is 0 Å². The van der Waals surface area contributed by atoms with Crippen molar-refractivity contribution in [2.75, 3.05) is 7.11 Å². The Labute approximate surface area is 154 Å². The summed E-state index contributed by atoms with van der Waals surface area (Å²) in [4.78, 5) is 22.7. The van der Waals surface area contributed by atoms with E-state index < -0.39 is 52.3 Å². The van der Waals surface area contributed by atoms with Crippen molar-refractivity contribution in [3.8, 4) is 0 Å². The average molecular weight is 407 g/mol. The normalized spacial score (nSPS) is 30.4. The van der Waals surface area contributed by atoms with Gasteiger partial charge in [-0.1, -0.05) is 34.8 Å². The highest BCUT2D eigenvalue weighted by Gasteiger charge is 2.51. The van der Waals surface area contributed by atoms with Gasteiger partial charge in [0, 0.05) is 21.0 Å². The van der Waals surface area contributed by atoms with E-state index in [1.807, 2.05) is 0 Å².